The van der Waals surface area contributed by atoms with Gasteiger partial charge in [-0.1, -0.05) is 12.6 Å². The summed E-state index contributed by atoms with van der Waals surface area (Å²) in [5.74, 6) is -0.750. The van der Waals surface area contributed by atoms with Crippen molar-refractivity contribution in [3.8, 4) is 0 Å². The first kappa shape index (κ1) is 23.0. The quantitative estimate of drug-likeness (QED) is 0.245. The highest BCUT2D eigenvalue weighted by Gasteiger charge is 2.35. The minimum atomic E-state index is -4.71. The minimum absolute atomic E-state index is 0.0618. The van der Waals surface area contributed by atoms with E-state index in [1.54, 1.807) is 25.1 Å². The molecular formula is C19H21F5N6. The first-order valence-electron chi connectivity index (χ1n) is 8.85. The van der Waals surface area contributed by atoms with Gasteiger partial charge in [0.05, 0.1) is 5.69 Å². The molecule has 0 amide bonds. The van der Waals surface area contributed by atoms with E-state index in [0.717, 1.165) is 6.21 Å². The van der Waals surface area contributed by atoms with E-state index in [9.17, 15) is 22.0 Å². The molecule has 4 N–H and O–H groups in total. The summed E-state index contributed by atoms with van der Waals surface area (Å²) in [4.78, 5) is 7.46. The molecule has 2 rings (SSSR count). The van der Waals surface area contributed by atoms with Crippen LogP contribution in [-0.4, -0.2) is 42.1 Å². The van der Waals surface area contributed by atoms with Gasteiger partial charge in [0, 0.05) is 36.8 Å². The average Bonchev–Trinajstić information content (AvgIpc) is 2.69. The van der Waals surface area contributed by atoms with Gasteiger partial charge in [-0.15, -0.1) is 0 Å². The molecule has 0 aliphatic rings. The summed E-state index contributed by atoms with van der Waals surface area (Å²) in [6, 6.07) is 4.80. The lowest BCUT2D eigenvalue weighted by Gasteiger charge is -2.17. The van der Waals surface area contributed by atoms with Crippen molar-refractivity contribution in [1.29, 1.82) is 5.41 Å². The highest BCUT2D eigenvalue weighted by molar-refractivity contribution is 5.94. The predicted molar refractivity (Wildman–Crippen MR) is 107 cm³/mol. The third kappa shape index (κ3) is 5.88. The van der Waals surface area contributed by atoms with Gasteiger partial charge in [0.2, 0.25) is 5.95 Å². The number of hydrogen-bond acceptors (Lipinski definition) is 6. The monoisotopic (exact) mass is 428 g/mol. The van der Waals surface area contributed by atoms with E-state index in [4.69, 9.17) is 5.41 Å². The zero-order valence-corrected chi connectivity index (χ0v) is 16.1. The maximum Gasteiger partial charge on any atom is 0.421 e. The molecule has 0 saturated heterocycles. The third-order valence-corrected chi connectivity index (χ3v) is 3.98. The maximum absolute atomic E-state index is 13.8. The molecule has 0 saturated carbocycles. The molecular weight excluding hydrogens is 407 g/mol. The number of nitrogens with one attached hydrogen (secondary N) is 4. The van der Waals surface area contributed by atoms with E-state index in [1.807, 2.05) is 0 Å². The van der Waals surface area contributed by atoms with Crippen molar-refractivity contribution in [2.75, 3.05) is 35.7 Å². The van der Waals surface area contributed by atoms with Crippen molar-refractivity contribution in [3.63, 3.8) is 0 Å². The van der Waals surface area contributed by atoms with E-state index in [2.05, 4.69) is 32.5 Å². The predicted octanol–water partition coefficient (Wildman–Crippen LogP) is 4.94. The second kappa shape index (κ2) is 9.99. The second-order valence-corrected chi connectivity index (χ2v) is 6.30. The molecule has 30 heavy (non-hydrogen) atoms. The van der Waals surface area contributed by atoms with Gasteiger partial charge in [0.1, 0.15) is 24.2 Å². The van der Waals surface area contributed by atoms with E-state index in [0.29, 0.717) is 28.7 Å². The average molecular weight is 428 g/mol. The Balaban J connectivity index is 2.32. The van der Waals surface area contributed by atoms with Crippen LogP contribution in [0, 0.1) is 5.41 Å². The zero-order chi connectivity index (χ0) is 22.3. The van der Waals surface area contributed by atoms with E-state index >= 15 is 0 Å². The summed E-state index contributed by atoms with van der Waals surface area (Å²) in [5.41, 5.74) is 0.296. The Bertz CT molecular complexity index is 899. The number of rotatable bonds is 10. The van der Waals surface area contributed by atoms with Crippen molar-refractivity contribution in [2.24, 2.45) is 0 Å². The summed E-state index contributed by atoms with van der Waals surface area (Å²) >= 11 is 0. The number of benzene rings is 1. The van der Waals surface area contributed by atoms with Crippen LogP contribution < -0.4 is 16.0 Å². The fourth-order valence-corrected chi connectivity index (χ4v) is 2.43. The normalized spacial score (nSPS) is 12.2. The summed E-state index contributed by atoms with van der Waals surface area (Å²) in [7, 11) is 0. The minimum Gasteiger partial charge on any atom is -0.381 e. The van der Waals surface area contributed by atoms with Gasteiger partial charge < -0.3 is 21.4 Å². The Morgan fingerprint density at radius 1 is 1.27 bits per heavy atom. The van der Waals surface area contributed by atoms with Crippen LogP contribution in [-0.2, 0) is 6.18 Å². The van der Waals surface area contributed by atoms with Crippen LogP contribution in [0.1, 0.15) is 18.1 Å². The summed E-state index contributed by atoms with van der Waals surface area (Å²) in [5, 5.41) is 15.5. The van der Waals surface area contributed by atoms with Gasteiger partial charge in [-0.2, -0.15) is 18.2 Å². The lowest BCUT2D eigenvalue weighted by Crippen LogP contribution is -2.17. The number of aromatic nitrogens is 2. The lowest BCUT2D eigenvalue weighted by molar-refractivity contribution is -0.137. The van der Waals surface area contributed by atoms with Gasteiger partial charge in [0.15, 0.2) is 0 Å². The lowest BCUT2D eigenvalue weighted by atomic mass is 10.1. The molecule has 1 aromatic carbocycles. The molecule has 1 aromatic heterocycles. The first-order chi connectivity index (χ1) is 14.2. The maximum atomic E-state index is 13.8. The number of hydrogen-bond donors (Lipinski definition) is 4. The highest BCUT2D eigenvalue weighted by Crippen LogP contribution is 2.34. The van der Waals surface area contributed by atoms with Gasteiger partial charge in [-0.05, 0) is 24.6 Å². The van der Waals surface area contributed by atoms with Gasteiger partial charge in [-0.3, -0.25) is 0 Å². The molecule has 0 fully saturated rings. The Morgan fingerprint density at radius 2 is 1.97 bits per heavy atom. The molecule has 0 radical (unpaired) electrons. The number of halogens is 5. The first-order valence-corrected chi connectivity index (χ1v) is 8.85. The summed E-state index contributed by atoms with van der Waals surface area (Å²) in [6.07, 6.45) is -4.41. The van der Waals surface area contributed by atoms with Crippen molar-refractivity contribution in [1.82, 2.24) is 9.97 Å². The van der Waals surface area contributed by atoms with Crippen molar-refractivity contribution in [3.05, 3.63) is 47.7 Å². The van der Waals surface area contributed by atoms with Crippen LogP contribution in [0.4, 0.5) is 45.1 Å². The fraction of sp³-hybridized carbons (Fsp3) is 0.316. The molecule has 2 aromatic rings. The van der Waals surface area contributed by atoms with Crippen LogP contribution >= 0.6 is 0 Å². The van der Waals surface area contributed by atoms with Crippen LogP contribution in [0.25, 0.3) is 0 Å². The van der Waals surface area contributed by atoms with E-state index in [1.165, 1.54) is 0 Å². The van der Waals surface area contributed by atoms with Crippen molar-refractivity contribution >= 4 is 29.4 Å². The largest absolute Gasteiger partial charge is 0.421 e. The molecule has 0 aliphatic heterocycles. The number of anilines is 4. The zero-order valence-electron chi connectivity index (χ0n) is 16.1. The summed E-state index contributed by atoms with van der Waals surface area (Å²) in [6.45, 7) is 3.80. The Kier molecular flexibility index (Phi) is 7.67. The number of alkyl halides is 5. The summed E-state index contributed by atoms with van der Waals surface area (Å²) < 4.78 is 65.5. The molecule has 1 atom stereocenters. The van der Waals surface area contributed by atoms with Crippen molar-refractivity contribution < 1.29 is 22.0 Å². The van der Waals surface area contributed by atoms with Gasteiger partial charge in [0.25, 0.3) is 0 Å². The molecule has 162 valence electrons. The smallest absolute Gasteiger partial charge is 0.381 e. The molecule has 1 unspecified atom stereocenters. The second-order valence-electron chi connectivity index (χ2n) is 6.30. The Labute approximate surface area is 170 Å². The molecule has 11 heteroatoms. The molecule has 1 heterocycles. The van der Waals surface area contributed by atoms with E-state index < -0.39 is 30.4 Å². The molecule has 6 nitrogen and oxygen atoms in total. The number of nitrogens with zero attached hydrogens (tertiary/aromatic N) is 2. The highest BCUT2D eigenvalue weighted by atomic mass is 19.4. The van der Waals surface area contributed by atoms with Crippen LogP contribution in [0.2, 0.25) is 0 Å². The Hall–Kier alpha value is -3.24. The van der Waals surface area contributed by atoms with Crippen molar-refractivity contribution in [2.45, 2.75) is 19.3 Å². The topological polar surface area (TPSA) is 85.7 Å². The SMILES string of the molecule is C=C(C)C(F)CNc1cccc(Nc2ncc(C(F)(F)F)c(NCCF)n2)c1C=N. The Morgan fingerprint density at radius 3 is 2.57 bits per heavy atom. The van der Waals surface area contributed by atoms with Gasteiger partial charge in [-0.25, -0.2) is 13.8 Å². The fourth-order valence-electron chi connectivity index (χ4n) is 2.43. The van der Waals surface area contributed by atoms with Crippen LogP contribution in [0.3, 0.4) is 0 Å². The molecule has 0 bridgehead atoms. The third-order valence-electron chi connectivity index (χ3n) is 3.98. The molecule has 0 spiro atoms. The van der Waals surface area contributed by atoms with E-state index in [-0.39, 0.29) is 19.0 Å². The standard InChI is InChI=1S/C19H21F5N6/c1-11(2)14(21)10-27-15-4-3-5-16(12(15)8-25)29-18-28-9-13(19(22,23)24)17(30-18)26-7-6-20/h3-5,8-9,14,25,27H,1,6-7,10H2,2H3,(H2,26,28,29,30). The van der Waals surface area contributed by atoms with Crippen LogP contribution in [0.5, 0.6) is 0 Å². The molecule has 0 aliphatic carbocycles. The van der Waals surface area contributed by atoms with Gasteiger partial charge >= 0.3 is 6.18 Å². The van der Waals surface area contributed by atoms with Crippen LogP contribution in [0.15, 0.2) is 36.5 Å².